The number of rotatable bonds is 3. The SMILES string of the molecule is Cc1ncsc1CNC(=O)[C@H](C)N. The second-order valence-corrected chi connectivity index (χ2v) is 3.81. The maximum atomic E-state index is 11.1. The number of aromatic nitrogens is 1. The molecule has 1 aromatic heterocycles. The highest BCUT2D eigenvalue weighted by molar-refractivity contribution is 7.09. The van der Waals surface area contributed by atoms with Crippen molar-refractivity contribution in [2.24, 2.45) is 5.73 Å². The number of thiazole rings is 1. The Labute approximate surface area is 81.2 Å². The molecule has 13 heavy (non-hydrogen) atoms. The number of amides is 1. The van der Waals surface area contributed by atoms with Crippen molar-refractivity contribution < 1.29 is 4.79 Å². The van der Waals surface area contributed by atoms with Gasteiger partial charge in [0.1, 0.15) is 0 Å². The van der Waals surface area contributed by atoms with Crippen LogP contribution in [0.5, 0.6) is 0 Å². The van der Waals surface area contributed by atoms with Gasteiger partial charge < -0.3 is 11.1 Å². The predicted octanol–water partition coefficient (Wildman–Crippen LogP) is 0.415. The summed E-state index contributed by atoms with van der Waals surface area (Å²) in [7, 11) is 0. The third-order valence-corrected chi connectivity index (χ3v) is 2.62. The van der Waals surface area contributed by atoms with Gasteiger partial charge >= 0.3 is 0 Å². The van der Waals surface area contributed by atoms with Gasteiger partial charge in [-0.15, -0.1) is 11.3 Å². The Hall–Kier alpha value is -0.940. The van der Waals surface area contributed by atoms with Crippen molar-refractivity contribution in [2.45, 2.75) is 26.4 Å². The molecular formula is C8H13N3OS. The van der Waals surface area contributed by atoms with Crippen LogP contribution in [0.1, 0.15) is 17.5 Å². The van der Waals surface area contributed by atoms with Crippen LogP contribution < -0.4 is 11.1 Å². The highest BCUT2D eigenvalue weighted by Gasteiger charge is 2.07. The summed E-state index contributed by atoms with van der Waals surface area (Å²) in [4.78, 5) is 16.3. The summed E-state index contributed by atoms with van der Waals surface area (Å²) < 4.78 is 0. The fourth-order valence-electron chi connectivity index (χ4n) is 0.824. The van der Waals surface area contributed by atoms with E-state index < -0.39 is 6.04 Å². The normalized spacial score (nSPS) is 12.5. The second-order valence-electron chi connectivity index (χ2n) is 2.87. The number of nitrogens with one attached hydrogen (secondary N) is 1. The summed E-state index contributed by atoms with van der Waals surface area (Å²) in [5, 5.41) is 2.73. The van der Waals surface area contributed by atoms with Gasteiger partial charge in [0.05, 0.1) is 23.8 Å². The molecule has 1 heterocycles. The number of hydrogen-bond donors (Lipinski definition) is 2. The number of hydrogen-bond acceptors (Lipinski definition) is 4. The lowest BCUT2D eigenvalue weighted by Crippen LogP contribution is -2.37. The van der Waals surface area contributed by atoms with Crippen LogP contribution in [0.25, 0.3) is 0 Å². The van der Waals surface area contributed by atoms with Gasteiger partial charge in [-0.3, -0.25) is 4.79 Å². The first-order chi connectivity index (χ1) is 6.11. The van der Waals surface area contributed by atoms with E-state index in [1.165, 1.54) is 11.3 Å². The fourth-order valence-corrected chi connectivity index (χ4v) is 1.54. The zero-order valence-electron chi connectivity index (χ0n) is 7.70. The first kappa shape index (κ1) is 10.1. The van der Waals surface area contributed by atoms with E-state index >= 15 is 0 Å². The van der Waals surface area contributed by atoms with E-state index in [0.29, 0.717) is 6.54 Å². The Morgan fingerprint density at radius 2 is 2.54 bits per heavy atom. The largest absolute Gasteiger partial charge is 0.350 e. The molecule has 1 aromatic rings. The van der Waals surface area contributed by atoms with E-state index in [1.807, 2.05) is 6.92 Å². The molecule has 5 heteroatoms. The molecule has 0 radical (unpaired) electrons. The van der Waals surface area contributed by atoms with Crippen LogP contribution in [-0.2, 0) is 11.3 Å². The first-order valence-corrected chi connectivity index (χ1v) is 4.91. The number of nitrogens with two attached hydrogens (primary N) is 1. The Bertz CT molecular complexity index is 295. The average molecular weight is 199 g/mol. The molecule has 3 N–H and O–H groups in total. The van der Waals surface area contributed by atoms with Crippen molar-refractivity contribution in [1.82, 2.24) is 10.3 Å². The van der Waals surface area contributed by atoms with E-state index in [1.54, 1.807) is 12.4 Å². The number of aryl methyl sites for hydroxylation is 1. The standard InChI is InChI=1S/C8H13N3OS/c1-5(9)8(12)10-3-7-6(2)11-4-13-7/h4-5H,3,9H2,1-2H3,(H,10,12)/t5-/m0/s1. The van der Waals surface area contributed by atoms with Crippen molar-refractivity contribution in [3.8, 4) is 0 Å². The van der Waals surface area contributed by atoms with Gasteiger partial charge in [0.25, 0.3) is 0 Å². The van der Waals surface area contributed by atoms with Crippen LogP contribution in [-0.4, -0.2) is 16.9 Å². The predicted molar refractivity (Wildman–Crippen MR) is 52.3 cm³/mol. The number of carbonyl (C=O) groups excluding carboxylic acids is 1. The molecule has 4 nitrogen and oxygen atoms in total. The third kappa shape index (κ3) is 2.78. The van der Waals surface area contributed by atoms with Gasteiger partial charge in [0.15, 0.2) is 0 Å². The summed E-state index contributed by atoms with van der Waals surface area (Å²) in [5.74, 6) is -0.132. The number of nitrogens with zero attached hydrogens (tertiary/aromatic N) is 1. The minimum Gasteiger partial charge on any atom is -0.350 e. The maximum Gasteiger partial charge on any atom is 0.236 e. The van der Waals surface area contributed by atoms with Crippen molar-refractivity contribution >= 4 is 17.2 Å². The highest BCUT2D eigenvalue weighted by Crippen LogP contribution is 2.10. The molecule has 0 fully saturated rings. The molecule has 0 saturated carbocycles. The zero-order valence-corrected chi connectivity index (χ0v) is 8.52. The van der Waals surface area contributed by atoms with Crippen LogP contribution in [0.2, 0.25) is 0 Å². The fraction of sp³-hybridized carbons (Fsp3) is 0.500. The maximum absolute atomic E-state index is 11.1. The molecule has 0 saturated heterocycles. The lowest BCUT2D eigenvalue weighted by molar-refractivity contribution is -0.122. The summed E-state index contributed by atoms with van der Waals surface area (Å²) in [5.41, 5.74) is 8.12. The molecular weight excluding hydrogens is 186 g/mol. The molecule has 0 unspecified atom stereocenters. The minimum absolute atomic E-state index is 0.132. The minimum atomic E-state index is -0.451. The van der Waals surface area contributed by atoms with Crippen LogP contribution >= 0.6 is 11.3 Å². The van der Waals surface area contributed by atoms with Crippen LogP contribution in [0.4, 0.5) is 0 Å². The van der Waals surface area contributed by atoms with E-state index in [-0.39, 0.29) is 5.91 Å². The molecule has 0 spiro atoms. The molecule has 1 atom stereocenters. The van der Waals surface area contributed by atoms with Crippen molar-refractivity contribution in [1.29, 1.82) is 0 Å². The molecule has 0 aliphatic carbocycles. The highest BCUT2D eigenvalue weighted by atomic mass is 32.1. The molecule has 0 bridgehead atoms. The monoisotopic (exact) mass is 199 g/mol. The lowest BCUT2D eigenvalue weighted by Gasteiger charge is -2.06. The van der Waals surface area contributed by atoms with Crippen LogP contribution in [0.15, 0.2) is 5.51 Å². The zero-order chi connectivity index (χ0) is 9.84. The smallest absolute Gasteiger partial charge is 0.236 e. The third-order valence-electron chi connectivity index (χ3n) is 1.68. The van der Waals surface area contributed by atoms with Gasteiger partial charge in [-0.1, -0.05) is 0 Å². The molecule has 0 aromatic carbocycles. The van der Waals surface area contributed by atoms with E-state index in [2.05, 4.69) is 10.3 Å². The van der Waals surface area contributed by atoms with E-state index in [9.17, 15) is 4.79 Å². The Morgan fingerprint density at radius 3 is 3.00 bits per heavy atom. The molecule has 0 aliphatic rings. The van der Waals surface area contributed by atoms with Gasteiger partial charge in [-0.25, -0.2) is 4.98 Å². The lowest BCUT2D eigenvalue weighted by atomic mass is 10.3. The van der Waals surface area contributed by atoms with Gasteiger partial charge in [0, 0.05) is 4.88 Å². The molecule has 1 amide bonds. The summed E-state index contributed by atoms with van der Waals surface area (Å²) in [6.07, 6.45) is 0. The van der Waals surface area contributed by atoms with Crippen molar-refractivity contribution in [3.05, 3.63) is 16.1 Å². The second kappa shape index (κ2) is 4.34. The van der Waals surface area contributed by atoms with Gasteiger partial charge in [0.2, 0.25) is 5.91 Å². The topological polar surface area (TPSA) is 68.0 Å². The summed E-state index contributed by atoms with van der Waals surface area (Å²) in [6.45, 7) is 4.11. The molecule has 1 rings (SSSR count). The van der Waals surface area contributed by atoms with E-state index in [4.69, 9.17) is 5.73 Å². The molecule has 0 aliphatic heterocycles. The van der Waals surface area contributed by atoms with Crippen molar-refractivity contribution in [3.63, 3.8) is 0 Å². The van der Waals surface area contributed by atoms with Crippen LogP contribution in [0.3, 0.4) is 0 Å². The molecule has 72 valence electrons. The van der Waals surface area contributed by atoms with Gasteiger partial charge in [-0.2, -0.15) is 0 Å². The summed E-state index contributed by atoms with van der Waals surface area (Å²) >= 11 is 1.54. The Kier molecular flexibility index (Phi) is 3.39. The summed E-state index contributed by atoms with van der Waals surface area (Å²) in [6, 6.07) is -0.451. The van der Waals surface area contributed by atoms with Crippen LogP contribution in [0, 0.1) is 6.92 Å². The quantitative estimate of drug-likeness (QED) is 0.741. The Balaban J connectivity index is 2.44. The number of carbonyl (C=O) groups is 1. The first-order valence-electron chi connectivity index (χ1n) is 4.03. The van der Waals surface area contributed by atoms with Gasteiger partial charge in [-0.05, 0) is 13.8 Å². The average Bonchev–Trinajstić information content (AvgIpc) is 2.47. The Morgan fingerprint density at radius 1 is 1.85 bits per heavy atom. The van der Waals surface area contributed by atoms with E-state index in [0.717, 1.165) is 10.6 Å². The van der Waals surface area contributed by atoms with Crippen molar-refractivity contribution in [2.75, 3.05) is 0 Å².